The highest BCUT2D eigenvalue weighted by atomic mass is 32.2. The maximum Gasteiger partial charge on any atom is 0.205 e. The van der Waals surface area contributed by atoms with E-state index in [1.54, 1.807) is 0 Å². The second-order valence-corrected chi connectivity index (χ2v) is 5.19. The van der Waals surface area contributed by atoms with Gasteiger partial charge in [-0.25, -0.2) is 0 Å². The molecule has 2 bridgehead atoms. The molecule has 0 spiro atoms. The van der Waals surface area contributed by atoms with E-state index in [9.17, 15) is 9.59 Å². The summed E-state index contributed by atoms with van der Waals surface area (Å²) in [7, 11) is 0. The van der Waals surface area contributed by atoms with Gasteiger partial charge in [-0.05, 0) is 31.5 Å². The molecule has 4 atom stereocenters. The molecular formula is C9H10O3S. The van der Waals surface area contributed by atoms with Crippen LogP contribution in [0.15, 0.2) is 0 Å². The normalized spacial score (nSPS) is 53.2. The first kappa shape index (κ1) is 8.00. The summed E-state index contributed by atoms with van der Waals surface area (Å²) in [5, 5.41) is 0.0504. The van der Waals surface area contributed by atoms with E-state index in [0.29, 0.717) is 0 Å². The van der Waals surface area contributed by atoms with Crippen LogP contribution in [0.2, 0.25) is 0 Å². The minimum absolute atomic E-state index is 0.00829. The van der Waals surface area contributed by atoms with Gasteiger partial charge in [-0.2, -0.15) is 0 Å². The first-order valence-electron chi connectivity index (χ1n) is 4.55. The van der Waals surface area contributed by atoms with Gasteiger partial charge in [0.15, 0.2) is 0 Å². The smallest absolute Gasteiger partial charge is 0.205 e. The number of carbonyl (C=O) groups excluding carboxylic acids is 2. The summed E-state index contributed by atoms with van der Waals surface area (Å²) in [5.41, 5.74) is -0.495. The lowest BCUT2D eigenvalue weighted by Crippen LogP contribution is -2.40. The van der Waals surface area contributed by atoms with Gasteiger partial charge in [0, 0.05) is 0 Å². The average Bonchev–Trinajstić information content (AvgIpc) is 2.66. The van der Waals surface area contributed by atoms with Crippen LogP contribution in [0.4, 0.5) is 0 Å². The van der Waals surface area contributed by atoms with Crippen LogP contribution in [-0.2, 0) is 14.3 Å². The van der Waals surface area contributed by atoms with Crippen molar-refractivity contribution >= 4 is 22.0 Å². The van der Waals surface area contributed by atoms with Gasteiger partial charge in [-0.15, -0.1) is 0 Å². The summed E-state index contributed by atoms with van der Waals surface area (Å²) < 4.78 is 5.63. The van der Waals surface area contributed by atoms with Crippen LogP contribution in [-0.4, -0.2) is 22.4 Å². The van der Waals surface area contributed by atoms with Crippen LogP contribution in [0.25, 0.3) is 0 Å². The van der Waals surface area contributed by atoms with Crippen molar-refractivity contribution in [2.45, 2.75) is 32.0 Å². The quantitative estimate of drug-likeness (QED) is 0.581. The molecular weight excluding hydrogens is 188 g/mol. The number of ether oxygens (including phenoxy) is 1. The minimum atomic E-state index is -0.495. The summed E-state index contributed by atoms with van der Waals surface area (Å²) in [6.07, 6.45) is 1.93. The molecule has 3 aliphatic rings. The van der Waals surface area contributed by atoms with Crippen molar-refractivity contribution in [2.24, 2.45) is 11.3 Å². The number of rotatable bonds is 0. The highest BCUT2D eigenvalue weighted by Gasteiger charge is 2.67. The number of thioether (sulfide) groups is 1. The first-order valence-corrected chi connectivity index (χ1v) is 5.37. The van der Waals surface area contributed by atoms with Gasteiger partial charge < -0.3 is 4.74 Å². The Morgan fingerprint density at radius 2 is 2.23 bits per heavy atom. The molecule has 0 aromatic heterocycles. The molecule has 3 rings (SSSR count). The van der Waals surface area contributed by atoms with Crippen molar-refractivity contribution in [3.8, 4) is 0 Å². The lowest BCUT2D eigenvalue weighted by atomic mass is 9.69. The van der Waals surface area contributed by atoms with Crippen molar-refractivity contribution in [3.05, 3.63) is 0 Å². The van der Waals surface area contributed by atoms with Crippen LogP contribution in [0, 0.1) is 11.3 Å². The van der Waals surface area contributed by atoms with Crippen molar-refractivity contribution in [1.82, 2.24) is 0 Å². The number of hydrogen-bond acceptors (Lipinski definition) is 4. The predicted octanol–water partition coefficient (Wildman–Crippen LogP) is 0.970. The van der Waals surface area contributed by atoms with E-state index < -0.39 is 5.41 Å². The fraction of sp³-hybridized carbons (Fsp3) is 0.778. The van der Waals surface area contributed by atoms with Gasteiger partial charge in [-0.1, -0.05) is 0 Å². The van der Waals surface area contributed by atoms with Gasteiger partial charge in [0.1, 0.15) is 0 Å². The Morgan fingerprint density at radius 1 is 1.46 bits per heavy atom. The Balaban J connectivity index is 2.12. The van der Waals surface area contributed by atoms with Crippen molar-refractivity contribution in [2.75, 3.05) is 0 Å². The summed E-state index contributed by atoms with van der Waals surface area (Å²) in [5.74, 6) is -0.149. The van der Waals surface area contributed by atoms with E-state index in [1.165, 1.54) is 0 Å². The summed E-state index contributed by atoms with van der Waals surface area (Å²) in [6.45, 7) is 1.89. The van der Waals surface area contributed by atoms with Crippen LogP contribution < -0.4 is 0 Å². The molecule has 0 aromatic rings. The molecule has 3 nitrogen and oxygen atoms in total. The predicted molar refractivity (Wildman–Crippen MR) is 47.1 cm³/mol. The molecule has 0 aliphatic carbocycles. The third-order valence-corrected chi connectivity index (χ3v) is 4.71. The monoisotopic (exact) mass is 198 g/mol. The van der Waals surface area contributed by atoms with Gasteiger partial charge in [0.05, 0.1) is 23.5 Å². The lowest BCUT2D eigenvalue weighted by molar-refractivity contribution is -0.125. The maximum atomic E-state index is 11.6. The molecule has 70 valence electrons. The van der Waals surface area contributed by atoms with Gasteiger partial charge in [0.25, 0.3) is 0 Å². The molecule has 13 heavy (non-hydrogen) atoms. The highest BCUT2D eigenvalue weighted by Crippen LogP contribution is 2.59. The molecule has 0 amide bonds. The van der Waals surface area contributed by atoms with Gasteiger partial charge in [-0.3, -0.25) is 9.59 Å². The van der Waals surface area contributed by atoms with Crippen LogP contribution >= 0.6 is 11.8 Å². The van der Waals surface area contributed by atoms with Crippen LogP contribution in [0.3, 0.4) is 0 Å². The molecule has 3 heterocycles. The van der Waals surface area contributed by atoms with Crippen molar-refractivity contribution in [1.29, 1.82) is 0 Å². The van der Waals surface area contributed by atoms with E-state index >= 15 is 0 Å². The second-order valence-electron chi connectivity index (χ2n) is 4.21. The molecule has 0 N–H and O–H groups in total. The number of hydrogen-bond donors (Lipinski definition) is 0. The topological polar surface area (TPSA) is 43.4 Å². The van der Waals surface area contributed by atoms with Crippen molar-refractivity contribution in [3.63, 3.8) is 0 Å². The van der Waals surface area contributed by atoms with E-state index in [-0.39, 0.29) is 28.4 Å². The van der Waals surface area contributed by atoms with E-state index in [4.69, 9.17) is 4.74 Å². The Kier molecular flexibility index (Phi) is 1.34. The molecule has 0 radical (unpaired) electrons. The third kappa shape index (κ3) is 0.726. The molecule has 0 unspecified atom stereocenters. The Labute approximate surface area is 80.2 Å². The van der Waals surface area contributed by atoms with Gasteiger partial charge >= 0.3 is 0 Å². The second kappa shape index (κ2) is 2.17. The van der Waals surface area contributed by atoms with Gasteiger partial charge in [0.2, 0.25) is 10.2 Å². The molecule has 4 heteroatoms. The fourth-order valence-corrected chi connectivity index (χ4v) is 4.04. The Bertz CT molecular complexity index is 314. The standard InChI is InChI=1S/C9H10O3S/c1-9-5-3-2-4(12-5)6(9)7(10)13-8(9)11/h4-6H,2-3H2,1H3/t4-,5+,6+,9+/m1/s1. The largest absolute Gasteiger partial charge is 0.373 e. The zero-order valence-corrected chi connectivity index (χ0v) is 8.10. The number of fused-ring (bicyclic) bond motifs is 5. The molecule has 0 saturated carbocycles. The van der Waals surface area contributed by atoms with Crippen molar-refractivity contribution < 1.29 is 14.3 Å². The summed E-state index contributed by atoms with van der Waals surface area (Å²) in [6, 6.07) is 0. The Morgan fingerprint density at radius 3 is 2.92 bits per heavy atom. The molecule has 3 saturated heterocycles. The zero-order chi connectivity index (χ0) is 9.22. The molecule has 3 fully saturated rings. The third-order valence-electron chi connectivity index (χ3n) is 3.63. The summed E-state index contributed by atoms with van der Waals surface area (Å²) in [4.78, 5) is 23.2. The van der Waals surface area contributed by atoms with Crippen LogP contribution in [0.5, 0.6) is 0 Å². The highest BCUT2D eigenvalue weighted by molar-refractivity contribution is 8.26. The van der Waals surface area contributed by atoms with Crippen LogP contribution in [0.1, 0.15) is 19.8 Å². The first-order chi connectivity index (χ1) is 6.14. The zero-order valence-electron chi connectivity index (χ0n) is 7.28. The lowest BCUT2D eigenvalue weighted by Gasteiger charge is -2.28. The SMILES string of the molecule is C[C@@]12C(=O)SC(=O)[C@@H]1[C@H]1CC[C@@H]2O1. The minimum Gasteiger partial charge on any atom is -0.373 e. The van der Waals surface area contributed by atoms with E-state index in [2.05, 4.69) is 0 Å². The molecule has 3 aliphatic heterocycles. The Hall–Kier alpha value is -0.350. The fourth-order valence-electron chi connectivity index (χ4n) is 2.86. The number of carbonyl (C=O) groups is 2. The van der Waals surface area contributed by atoms with E-state index in [1.807, 2.05) is 6.92 Å². The molecule has 0 aromatic carbocycles. The average molecular weight is 198 g/mol. The maximum absolute atomic E-state index is 11.6. The van der Waals surface area contributed by atoms with E-state index in [0.717, 1.165) is 24.6 Å². The summed E-state index contributed by atoms with van der Waals surface area (Å²) >= 11 is 0.901.